The van der Waals surface area contributed by atoms with Gasteiger partial charge in [-0.05, 0) is 43.7 Å². The van der Waals surface area contributed by atoms with E-state index in [2.05, 4.69) is 12.2 Å². The van der Waals surface area contributed by atoms with E-state index in [1.54, 1.807) is 0 Å². The van der Waals surface area contributed by atoms with Gasteiger partial charge in [0.1, 0.15) is 0 Å². The van der Waals surface area contributed by atoms with E-state index in [4.69, 9.17) is 34.8 Å². The molecule has 0 spiro atoms. The lowest BCUT2D eigenvalue weighted by atomic mass is 9.78. The van der Waals surface area contributed by atoms with E-state index in [9.17, 15) is 0 Å². The third kappa shape index (κ3) is 3.78. The van der Waals surface area contributed by atoms with Crippen LogP contribution in [-0.2, 0) is 6.54 Å². The molecular weight excluding hydrogens is 301 g/mol. The van der Waals surface area contributed by atoms with Crippen LogP contribution in [0.25, 0.3) is 0 Å². The molecule has 19 heavy (non-hydrogen) atoms. The molecule has 1 aromatic rings. The van der Waals surface area contributed by atoms with Gasteiger partial charge in [-0.1, -0.05) is 36.2 Å². The molecule has 1 aliphatic rings. The monoisotopic (exact) mass is 319 g/mol. The largest absolute Gasteiger partial charge is 0.306 e. The third-order valence-corrected chi connectivity index (χ3v) is 5.41. The van der Waals surface area contributed by atoms with Crippen LogP contribution in [0.5, 0.6) is 0 Å². The van der Waals surface area contributed by atoms with Gasteiger partial charge in [0, 0.05) is 33.6 Å². The van der Waals surface area contributed by atoms with Gasteiger partial charge < -0.3 is 5.32 Å². The van der Waals surface area contributed by atoms with Crippen LogP contribution in [0.1, 0.15) is 38.2 Å². The van der Waals surface area contributed by atoms with Gasteiger partial charge in [-0.3, -0.25) is 0 Å². The molecule has 0 aliphatic heterocycles. The average Bonchev–Trinajstić information content (AvgIpc) is 2.41. The van der Waals surface area contributed by atoms with Gasteiger partial charge in [-0.25, -0.2) is 0 Å². The van der Waals surface area contributed by atoms with Crippen LogP contribution in [0.15, 0.2) is 18.2 Å². The number of alkyl halides is 1. The first-order chi connectivity index (χ1) is 9.06. The fourth-order valence-electron chi connectivity index (χ4n) is 2.65. The molecule has 0 unspecified atom stereocenters. The summed E-state index contributed by atoms with van der Waals surface area (Å²) in [7, 11) is 0. The van der Waals surface area contributed by atoms with Crippen molar-refractivity contribution in [3.63, 3.8) is 0 Å². The fourth-order valence-corrected chi connectivity index (χ4v) is 3.54. The Kier molecular flexibility index (Phi) is 5.42. The smallest absolute Gasteiger partial charge is 0.0465 e. The molecule has 1 saturated carbocycles. The van der Waals surface area contributed by atoms with E-state index in [0.717, 1.165) is 24.3 Å². The SMILES string of the molecule is CC1CCC(CCl)(NCc2c(Cl)cccc2Cl)CC1. The average molecular weight is 321 g/mol. The van der Waals surface area contributed by atoms with E-state index in [0.29, 0.717) is 22.5 Å². The first kappa shape index (κ1) is 15.4. The molecule has 1 N–H and O–H groups in total. The van der Waals surface area contributed by atoms with Gasteiger partial charge in [-0.15, -0.1) is 11.6 Å². The molecule has 1 aliphatic carbocycles. The van der Waals surface area contributed by atoms with Crippen molar-refractivity contribution in [1.29, 1.82) is 0 Å². The third-order valence-electron chi connectivity index (χ3n) is 4.19. The summed E-state index contributed by atoms with van der Waals surface area (Å²) in [6.07, 6.45) is 4.71. The second-order valence-corrected chi connectivity index (χ2v) is 6.73. The van der Waals surface area contributed by atoms with E-state index in [-0.39, 0.29) is 5.54 Å². The van der Waals surface area contributed by atoms with Crippen LogP contribution < -0.4 is 5.32 Å². The molecule has 0 saturated heterocycles. The Hall–Kier alpha value is 0.0500. The molecule has 0 heterocycles. The zero-order chi connectivity index (χ0) is 13.9. The Morgan fingerprint density at radius 2 is 1.79 bits per heavy atom. The lowest BCUT2D eigenvalue weighted by Gasteiger charge is -2.39. The van der Waals surface area contributed by atoms with Crippen molar-refractivity contribution >= 4 is 34.8 Å². The van der Waals surface area contributed by atoms with Crippen molar-refractivity contribution in [3.8, 4) is 0 Å². The molecule has 106 valence electrons. The molecule has 1 nitrogen and oxygen atoms in total. The van der Waals surface area contributed by atoms with Gasteiger partial charge in [0.2, 0.25) is 0 Å². The quantitative estimate of drug-likeness (QED) is 0.745. The Morgan fingerprint density at radius 1 is 1.21 bits per heavy atom. The minimum absolute atomic E-state index is 0.0383. The summed E-state index contributed by atoms with van der Waals surface area (Å²) < 4.78 is 0. The number of hydrogen-bond donors (Lipinski definition) is 1. The van der Waals surface area contributed by atoms with Crippen LogP contribution >= 0.6 is 34.8 Å². The zero-order valence-electron chi connectivity index (χ0n) is 11.2. The molecule has 1 aromatic carbocycles. The summed E-state index contributed by atoms with van der Waals surface area (Å²) in [5.74, 6) is 1.45. The van der Waals surface area contributed by atoms with Crippen LogP contribution in [0.4, 0.5) is 0 Å². The highest BCUT2D eigenvalue weighted by molar-refractivity contribution is 6.35. The molecule has 0 aromatic heterocycles. The Bertz CT molecular complexity index is 405. The van der Waals surface area contributed by atoms with Crippen LogP contribution in [0, 0.1) is 5.92 Å². The van der Waals surface area contributed by atoms with E-state index in [1.807, 2.05) is 18.2 Å². The molecule has 2 rings (SSSR count). The molecule has 0 atom stereocenters. The number of rotatable bonds is 4. The highest BCUT2D eigenvalue weighted by Gasteiger charge is 2.33. The maximum atomic E-state index is 6.20. The van der Waals surface area contributed by atoms with Gasteiger partial charge >= 0.3 is 0 Å². The molecule has 0 bridgehead atoms. The normalized spacial score (nSPS) is 27.5. The number of hydrogen-bond acceptors (Lipinski definition) is 1. The van der Waals surface area contributed by atoms with Gasteiger partial charge in [0.25, 0.3) is 0 Å². The first-order valence-corrected chi connectivity index (χ1v) is 8.09. The van der Waals surface area contributed by atoms with E-state index >= 15 is 0 Å². The highest BCUT2D eigenvalue weighted by Crippen LogP contribution is 2.34. The van der Waals surface area contributed by atoms with Gasteiger partial charge in [0.05, 0.1) is 0 Å². The molecule has 4 heteroatoms. The van der Waals surface area contributed by atoms with Gasteiger partial charge in [-0.2, -0.15) is 0 Å². The first-order valence-electron chi connectivity index (χ1n) is 6.80. The summed E-state index contributed by atoms with van der Waals surface area (Å²) in [6.45, 7) is 2.99. The topological polar surface area (TPSA) is 12.0 Å². The second-order valence-electron chi connectivity index (χ2n) is 5.65. The van der Waals surface area contributed by atoms with Crippen molar-refractivity contribution in [1.82, 2.24) is 5.32 Å². The fraction of sp³-hybridized carbons (Fsp3) is 0.600. The Balaban J connectivity index is 2.04. The number of halogens is 3. The van der Waals surface area contributed by atoms with Crippen molar-refractivity contribution < 1.29 is 0 Å². The summed E-state index contributed by atoms with van der Waals surface area (Å²) in [5.41, 5.74) is 1.00. The Labute approximate surface area is 130 Å². The lowest BCUT2D eigenvalue weighted by molar-refractivity contribution is 0.216. The number of nitrogens with one attached hydrogen (secondary N) is 1. The summed E-state index contributed by atoms with van der Waals surface area (Å²) >= 11 is 18.6. The standard InChI is InChI=1S/C15H20Cl3N/c1-11-5-7-15(10-16,8-6-11)19-9-12-13(17)3-2-4-14(12)18/h2-4,11,19H,5-10H2,1H3. The molecule has 1 fully saturated rings. The highest BCUT2D eigenvalue weighted by atomic mass is 35.5. The minimum Gasteiger partial charge on any atom is -0.306 e. The van der Waals surface area contributed by atoms with Crippen LogP contribution in [0.2, 0.25) is 10.0 Å². The maximum Gasteiger partial charge on any atom is 0.0465 e. The van der Waals surface area contributed by atoms with E-state index in [1.165, 1.54) is 12.8 Å². The molecule has 0 amide bonds. The second kappa shape index (κ2) is 6.67. The van der Waals surface area contributed by atoms with Crippen molar-refractivity contribution in [3.05, 3.63) is 33.8 Å². The van der Waals surface area contributed by atoms with Crippen molar-refractivity contribution in [2.24, 2.45) is 5.92 Å². The summed E-state index contributed by atoms with van der Waals surface area (Å²) in [6, 6.07) is 5.62. The van der Waals surface area contributed by atoms with Crippen molar-refractivity contribution in [2.45, 2.75) is 44.7 Å². The van der Waals surface area contributed by atoms with Gasteiger partial charge in [0.15, 0.2) is 0 Å². The Morgan fingerprint density at radius 3 is 2.32 bits per heavy atom. The van der Waals surface area contributed by atoms with E-state index < -0.39 is 0 Å². The maximum absolute atomic E-state index is 6.20. The summed E-state index contributed by atoms with van der Waals surface area (Å²) in [4.78, 5) is 0. The minimum atomic E-state index is 0.0383. The summed E-state index contributed by atoms with van der Waals surface area (Å²) in [5, 5.41) is 5.04. The zero-order valence-corrected chi connectivity index (χ0v) is 13.5. The molecule has 0 radical (unpaired) electrons. The number of benzene rings is 1. The van der Waals surface area contributed by atoms with Crippen LogP contribution in [0.3, 0.4) is 0 Å². The lowest BCUT2D eigenvalue weighted by Crippen LogP contribution is -2.49. The predicted octanol–water partition coefficient (Wildman–Crippen LogP) is 5.27. The van der Waals surface area contributed by atoms with Crippen molar-refractivity contribution in [2.75, 3.05) is 5.88 Å². The molecular formula is C15H20Cl3N. The predicted molar refractivity (Wildman–Crippen MR) is 84.4 cm³/mol. The van der Waals surface area contributed by atoms with Crippen LogP contribution in [-0.4, -0.2) is 11.4 Å².